The summed E-state index contributed by atoms with van der Waals surface area (Å²) < 4.78 is 1.72. The number of thiophene rings is 1. The van der Waals surface area contributed by atoms with E-state index in [4.69, 9.17) is 0 Å². The fourth-order valence-electron chi connectivity index (χ4n) is 2.25. The van der Waals surface area contributed by atoms with Crippen molar-refractivity contribution in [1.29, 1.82) is 0 Å². The standard InChI is InChI=1S/C15H22N4OS/c1-5-12-7-11(8-21-12)15(20)18-13(6-10(2)3)14-16-9-17-19(14)4/h7-10,13H,5-6H2,1-4H3,(H,18,20). The molecule has 0 aliphatic rings. The van der Waals surface area contributed by atoms with Crippen molar-refractivity contribution in [3.05, 3.63) is 34.0 Å². The number of hydrogen-bond donors (Lipinski definition) is 1. The maximum absolute atomic E-state index is 12.4. The Morgan fingerprint density at radius 2 is 2.24 bits per heavy atom. The first kappa shape index (κ1) is 15.7. The van der Waals surface area contributed by atoms with Crippen LogP contribution in [0.4, 0.5) is 0 Å². The molecule has 0 aromatic carbocycles. The predicted molar refractivity (Wildman–Crippen MR) is 84.4 cm³/mol. The molecule has 21 heavy (non-hydrogen) atoms. The van der Waals surface area contributed by atoms with Crippen LogP contribution in [-0.4, -0.2) is 20.7 Å². The summed E-state index contributed by atoms with van der Waals surface area (Å²) in [5.74, 6) is 1.21. The van der Waals surface area contributed by atoms with E-state index in [0.717, 1.165) is 24.2 Å². The number of carbonyl (C=O) groups is 1. The molecule has 0 aliphatic carbocycles. The van der Waals surface area contributed by atoms with Crippen LogP contribution in [0.2, 0.25) is 0 Å². The Morgan fingerprint density at radius 3 is 2.76 bits per heavy atom. The zero-order valence-electron chi connectivity index (χ0n) is 13.0. The zero-order valence-corrected chi connectivity index (χ0v) is 13.8. The van der Waals surface area contributed by atoms with Crippen molar-refractivity contribution in [2.45, 2.75) is 39.7 Å². The lowest BCUT2D eigenvalue weighted by molar-refractivity contribution is 0.0929. The highest BCUT2D eigenvalue weighted by atomic mass is 32.1. The van der Waals surface area contributed by atoms with E-state index >= 15 is 0 Å². The first-order chi connectivity index (χ1) is 10.0. The fourth-order valence-corrected chi connectivity index (χ4v) is 3.06. The first-order valence-electron chi connectivity index (χ1n) is 7.23. The van der Waals surface area contributed by atoms with E-state index in [0.29, 0.717) is 5.92 Å². The summed E-state index contributed by atoms with van der Waals surface area (Å²) in [6, 6.07) is 1.85. The van der Waals surface area contributed by atoms with Gasteiger partial charge in [0, 0.05) is 17.3 Å². The Balaban J connectivity index is 2.15. The molecule has 2 aromatic rings. The van der Waals surface area contributed by atoms with Gasteiger partial charge in [0.2, 0.25) is 0 Å². The number of rotatable bonds is 6. The van der Waals surface area contributed by atoms with Crippen molar-refractivity contribution in [3.8, 4) is 0 Å². The van der Waals surface area contributed by atoms with Gasteiger partial charge in [0.25, 0.3) is 5.91 Å². The van der Waals surface area contributed by atoms with Crippen LogP contribution in [0, 0.1) is 5.92 Å². The maximum atomic E-state index is 12.4. The van der Waals surface area contributed by atoms with Gasteiger partial charge in [-0.3, -0.25) is 9.48 Å². The molecule has 2 heterocycles. The van der Waals surface area contributed by atoms with Crippen molar-refractivity contribution >= 4 is 17.2 Å². The lowest BCUT2D eigenvalue weighted by Crippen LogP contribution is -2.31. The molecule has 1 unspecified atom stereocenters. The summed E-state index contributed by atoms with van der Waals surface area (Å²) in [6.45, 7) is 6.36. The van der Waals surface area contributed by atoms with Gasteiger partial charge in [-0.25, -0.2) is 4.98 Å². The van der Waals surface area contributed by atoms with Gasteiger partial charge >= 0.3 is 0 Å². The monoisotopic (exact) mass is 306 g/mol. The number of nitrogens with one attached hydrogen (secondary N) is 1. The third kappa shape index (κ3) is 3.91. The average molecular weight is 306 g/mol. The van der Waals surface area contributed by atoms with Crippen LogP contribution < -0.4 is 5.32 Å². The van der Waals surface area contributed by atoms with Gasteiger partial charge in [-0.1, -0.05) is 20.8 Å². The molecule has 114 valence electrons. The Bertz CT molecular complexity index is 602. The summed E-state index contributed by atoms with van der Waals surface area (Å²) >= 11 is 1.63. The van der Waals surface area contributed by atoms with E-state index in [1.165, 1.54) is 11.2 Å². The molecular weight excluding hydrogens is 284 g/mol. The molecule has 1 N–H and O–H groups in total. The highest BCUT2D eigenvalue weighted by Gasteiger charge is 2.21. The molecule has 1 amide bonds. The summed E-state index contributed by atoms with van der Waals surface area (Å²) in [4.78, 5) is 17.9. The van der Waals surface area contributed by atoms with Crippen LogP contribution in [0.15, 0.2) is 17.8 Å². The number of carbonyl (C=O) groups excluding carboxylic acids is 1. The minimum absolute atomic E-state index is 0.0420. The van der Waals surface area contributed by atoms with Crippen molar-refractivity contribution in [1.82, 2.24) is 20.1 Å². The minimum atomic E-state index is -0.116. The number of aryl methyl sites for hydroxylation is 2. The van der Waals surface area contributed by atoms with E-state index in [2.05, 4.69) is 36.2 Å². The Hall–Kier alpha value is -1.69. The van der Waals surface area contributed by atoms with Gasteiger partial charge in [-0.05, 0) is 24.8 Å². The zero-order chi connectivity index (χ0) is 15.4. The fraction of sp³-hybridized carbons (Fsp3) is 0.533. The van der Waals surface area contributed by atoms with E-state index in [1.807, 2.05) is 18.5 Å². The number of amides is 1. The molecule has 5 nitrogen and oxygen atoms in total. The molecule has 2 aromatic heterocycles. The summed E-state index contributed by atoms with van der Waals surface area (Å²) in [7, 11) is 1.85. The van der Waals surface area contributed by atoms with Crippen molar-refractivity contribution in [3.63, 3.8) is 0 Å². The summed E-state index contributed by atoms with van der Waals surface area (Å²) in [6.07, 6.45) is 3.31. The SMILES string of the molecule is CCc1cc(C(=O)NC(CC(C)C)c2ncnn2C)cs1. The second-order valence-corrected chi connectivity index (χ2v) is 6.55. The van der Waals surface area contributed by atoms with E-state index in [9.17, 15) is 4.79 Å². The number of hydrogen-bond acceptors (Lipinski definition) is 4. The van der Waals surface area contributed by atoms with Gasteiger partial charge in [0.05, 0.1) is 11.6 Å². The average Bonchev–Trinajstić information content (AvgIpc) is 3.05. The van der Waals surface area contributed by atoms with Crippen LogP contribution in [0.5, 0.6) is 0 Å². The first-order valence-corrected chi connectivity index (χ1v) is 8.11. The highest BCUT2D eigenvalue weighted by molar-refractivity contribution is 7.10. The number of aromatic nitrogens is 3. The van der Waals surface area contributed by atoms with Crippen LogP contribution in [-0.2, 0) is 13.5 Å². The highest BCUT2D eigenvalue weighted by Crippen LogP contribution is 2.21. The molecular formula is C15H22N4OS. The Labute approximate surface area is 129 Å². The molecule has 0 fully saturated rings. The molecule has 0 radical (unpaired) electrons. The Kier molecular flexibility index (Phi) is 5.12. The minimum Gasteiger partial charge on any atom is -0.342 e. The van der Waals surface area contributed by atoms with Crippen LogP contribution >= 0.6 is 11.3 Å². The van der Waals surface area contributed by atoms with Gasteiger partial charge in [-0.15, -0.1) is 11.3 Å². The number of nitrogens with zero attached hydrogens (tertiary/aromatic N) is 3. The molecule has 0 bridgehead atoms. The lowest BCUT2D eigenvalue weighted by atomic mass is 10.0. The van der Waals surface area contributed by atoms with Gasteiger partial charge in [0.1, 0.15) is 12.2 Å². The molecule has 2 rings (SSSR count). The largest absolute Gasteiger partial charge is 0.342 e. The van der Waals surface area contributed by atoms with Crippen LogP contribution in [0.25, 0.3) is 0 Å². The molecule has 0 spiro atoms. The normalized spacial score (nSPS) is 12.6. The van der Waals surface area contributed by atoms with E-state index in [1.54, 1.807) is 16.0 Å². The quantitative estimate of drug-likeness (QED) is 0.892. The van der Waals surface area contributed by atoms with Crippen LogP contribution in [0.3, 0.4) is 0 Å². The van der Waals surface area contributed by atoms with E-state index < -0.39 is 0 Å². The van der Waals surface area contributed by atoms with Gasteiger partial charge in [-0.2, -0.15) is 5.10 Å². The lowest BCUT2D eigenvalue weighted by Gasteiger charge is -2.19. The Morgan fingerprint density at radius 1 is 1.48 bits per heavy atom. The van der Waals surface area contributed by atoms with Gasteiger partial charge < -0.3 is 5.32 Å². The van der Waals surface area contributed by atoms with Crippen molar-refractivity contribution in [2.75, 3.05) is 0 Å². The third-order valence-corrected chi connectivity index (χ3v) is 4.42. The summed E-state index contributed by atoms with van der Waals surface area (Å²) in [5.41, 5.74) is 0.729. The molecule has 0 saturated heterocycles. The van der Waals surface area contributed by atoms with Crippen molar-refractivity contribution < 1.29 is 4.79 Å². The third-order valence-electron chi connectivity index (χ3n) is 3.33. The molecule has 0 saturated carbocycles. The van der Waals surface area contributed by atoms with Gasteiger partial charge in [0.15, 0.2) is 0 Å². The second-order valence-electron chi connectivity index (χ2n) is 5.55. The molecule has 0 aliphatic heterocycles. The van der Waals surface area contributed by atoms with E-state index in [-0.39, 0.29) is 11.9 Å². The topological polar surface area (TPSA) is 59.8 Å². The summed E-state index contributed by atoms with van der Waals surface area (Å²) in [5, 5.41) is 9.10. The maximum Gasteiger partial charge on any atom is 0.252 e. The van der Waals surface area contributed by atoms with Crippen molar-refractivity contribution in [2.24, 2.45) is 13.0 Å². The molecule has 6 heteroatoms. The van der Waals surface area contributed by atoms with Crippen LogP contribution in [0.1, 0.15) is 54.3 Å². The smallest absolute Gasteiger partial charge is 0.252 e. The molecule has 1 atom stereocenters. The second kappa shape index (κ2) is 6.85. The predicted octanol–water partition coefficient (Wildman–Crippen LogP) is 2.96.